The fourth-order valence-corrected chi connectivity index (χ4v) is 2.52. The second-order valence-corrected chi connectivity index (χ2v) is 5.36. The van der Waals surface area contributed by atoms with Crippen molar-refractivity contribution in [2.75, 3.05) is 5.32 Å². The minimum Gasteiger partial charge on any atom is -0.360 e. The summed E-state index contributed by atoms with van der Waals surface area (Å²) < 4.78 is 0. The molecule has 0 unspecified atom stereocenters. The first-order valence-electron chi connectivity index (χ1n) is 7.45. The quantitative estimate of drug-likeness (QED) is 0.687. The summed E-state index contributed by atoms with van der Waals surface area (Å²) in [4.78, 5) is 25.9. The molecule has 0 saturated heterocycles. The number of hydrogen-bond donors (Lipinski definition) is 1. The van der Waals surface area contributed by atoms with Crippen LogP contribution in [0.2, 0.25) is 0 Å². The van der Waals surface area contributed by atoms with Crippen molar-refractivity contribution < 1.29 is 9.59 Å². The summed E-state index contributed by atoms with van der Waals surface area (Å²) in [6.07, 6.45) is 1.32. The number of fused-ring (bicyclic) bond motifs is 1. The number of benzene rings is 2. The van der Waals surface area contributed by atoms with Crippen LogP contribution in [0.3, 0.4) is 0 Å². The third kappa shape index (κ3) is 3.10. The number of rotatable bonds is 4. The molecule has 0 aromatic heterocycles. The van der Waals surface area contributed by atoms with Gasteiger partial charge in [0.2, 0.25) is 0 Å². The van der Waals surface area contributed by atoms with E-state index in [4.69, 9.17) is 10.5 Å². The van der Waals surface area contributed by atoms with Crippen LogP contribution >= 0.6 is 0 Å². The summed E-state index contributed by atoms with van der Waals surface area (Å²) in [6.45, 7) is 0.185. The van der Waals surface area contributed by atoms with Crippen LogP contribution in [0.1, 0.15) is 26.3 Å². The van der Waals surface area contributed by atoms with Gasteiger partial charge in [-0.05, 0) is 29.8 Å². The van der Waals surface area contributed by atoms with Crippen LogP contribution in [-0.2, 0) is 6.54 Å². The van der Waals surface area contributed by atoms with Crippen molar-refractivity contribution in [3.63, 3.8) is 0 Å². The Kier molecular flexibility index (Phi) is 4.28. The molecule has 1 aliphatic rings. The third-order valence-corrected chi connectivity index (χ3v) is 3.80. The van der Waals surface area contributed by atoms with E-state index in [1.807, 2.05) is 0 Å². The normalized spacial score (nSPS) is 12.2. The van der Waals surface area contributed by atoms with Crippen molar-refractivity contribution in [2.24, 2.45) is 0 Å². The molecule has 1 heterocycles. The van der Waals surface area contributed by atoms with E-state index in [0.29, 0.717) is 16.8 Å². The average Bonchev–Trinajstić information content (AvgIpc) is 2.89. The zero-order chi connectivity index (χ0) is 17.8. The first kappa shape index (κ1) is 16.0. The number of anilines is 1. The molecule has 1 N–H and O–H groups in total. The van der Waals surface area contributed by atoms with Crippen LogP contribution in [0.25, 0.3) is 0 Å². The van der Waals surface area contributed by atoms with Crippen LogP contribution in [0, 0.1) is 22.7 Å². The number of carbonyl (C=O) groups excluding carboxylic acids is 2. The number of hydrogen-bond acceptors (Lipinski definition) is 5. The summed E-state index contributed by atoms with van der Waals surface area (Å²) in [6, 6.07) is 17.3. The number of nitriles is 2. The van der Waals surface area contributed by atoms with Crippen LogP contribution in [0.5, 0.6) is 0 Å². The van der Waals surface area contributed by atoms with E-state index in [0.717, 1.165) is 5.56 Å². The SMILES string of the molecule is N#CC(C#N)=CNc1ccc(CN2C(=O)c3ccccc3C2=O)cc1. The van der Waals surface area contributed by atoms with Crippen molar-refractivity contribution in [3.8, 4) is 12.1 Å². The Labute approximate surface area is 144 Å². The van der Waals surface area contributed by atoms with E-state index in [2.05, 4.69) is 5.32 Å². The Morgan fingerprint density at radius 3 is 2.04 bits per heavy atom. The molecule has 120 valence electrons. The molecule has 2 aromatic rings. The van der Waals surface area contributed by atoms with Gasteiger partial charge in [0.15, 0.2) is 0 Å². The maximum atomic E-state index is 12.3. The van der Waals surface area contributed by atoms with Gasteiger partial charge in [0.05, 0.1) is 17.7 Å². The molecule has 0 atom stereocenters. The number of allylic oxidation sites excluding steroid dienone is 1. The van der Waals surface area contributed by atoms with Gasteiger partial charge in [-0.2, -0.15) is 10.5 Å². The minimum atomic E-state index is -0.293. The van der Waals surface area contributed by atoms with Gasteiger partial charge in [0.25, 0.3) is 11.8 Å². The van der Waals surface area contributed by atoms with Gasteiger partial charge in [-0.15, -0.1) is 0 Å². The predicted molar refractivity (Wildman–Crippen MR) is 90.0 cm³/mol. The minimum absolute atomic E-state index is 0.0323. The van der Waals surface area contributed by atoms with Gasteiger partial charge in [0, 0.05) is 11.9 Å². The molecule has 25 heavy (non-hydrogen) atoms. The monoisotopic (exact) mass is 328 g/mol. The number of imide groups is 1. The van der Waals surface area contributed by atoms with Gasteiger partial charge in [-0.3, -0.25) is 14.5 Å². The number of nitrogens with one attached hydrogen (secondary N) is 1. The molecule has 0 saturated carbocycles. The summed E-state index contributed by atoms with van der Waals surface area (Å²) in [5.41, 5.74) is 2.31. The van der Waals surface area contributed by atoms with Crippen LogP contribution in [0.4, 0.5) is 5.69 Å². The zero-order valence-electron chi connectivity index (χ0n) is 13.1. The number of carbonyl (C=O) groups is 2. The second-order valence-electron chi connectivity index (χ2n) is 5.36. The van der Waals surface area contributed by atoms with Crippen molar-refractivity contribution >= 4 is 17.5 Å². The maximum Gasteiger partial charge on any atom is 0.261 e. The Morgan fingerprint density at radius 2 is 1.52 bits per heavy atom. The zero-order valence-corrected chi connectivity index (χ0v) is 13.1. The Hall–Kier alpha value is -3.90. The van der Waals surface area contributed by atoms with E-state index in [9.17, 15) is 9.59 Å². The smallest absolute Gasteiger partial charge is 0.261 e. The summed E-state index contributed by atoms with van der Waals surface area (Å²) >= 11 is 0. The topological polar surface area (TPSA) is 97.0 Å². The first-order chi connectivity index (χ1) is 12.1. The number of amides is 2. The largest absolute Gasteiger partial charge is 0.360 e. The molecule has 6 nitrogen and oxygen atoms in total. The van der Waals surface area contributed by atoms with Crippen molar-refractivity contribution in [1.29, 1.82) is 10.5 Å². The van der Waals surface area contributed by atoms with Gasteiger partial charge >= 0.3 is 0 Å². The third-order valence-electron chi connectivity index (χ3n) is 3.80. The lowest BCUT2D eigenvalue weighted by Crippen LogP contribution is -2.29. The van der Waals surface area contributed by atoms with E-state index in [1.165, 1.54) is 11.1 Å². The Bertz CT molecular complexity index is 911. The summed E-state index contributed by atoms with van der Waals surface area (Å²) in [5, 5.41) is 20.2. The fourth-order valence-electron chi connectivity index (χ4n) is 2.52. The molecule has 0 bridgehead atoms. The first-order valence-corrected chi connectivity index (χ1v) is 7.45. The highest BCUT2D eigenvalue weighted by Crippen LogP contribution is 2.24. The average molecular weight is 328 g/mol. The van der Waals surface area contributed by atoms with Crippen molar-refractivity contribution in [2.45, 2.75) is 6.54 Å². The maximum absolute atomic E-state index is 12.3. The highest BCUT2D eigenvalue weighted by Gasteiger charge is 2.34. The Morgan fingerprint density at radius 1 is 0.960 bits per heavy atom. The van der Waals surface area contributed by atoms with E-state index < -0.39 is 0 Å². The number of nitrogens with zero attached hydrogens (tertiary/aromatic N) is 3. The molecule has 2 amide bonds. The highest BCUT2D eigenvalue weighted by molar-refractivity contribution is 6.21. The summed E-state index contributed by atoms with van der Waals surface area (Å²) in [7, 11) is 0. The van der Waals surface area contributed by atoms with Crippen molar-refractivity contribution in [1.82, 2.24) is 4.90 Å². The summed E-state index contributed by atoms with van der Waals surface area (Å²) in [5.74, 6) is -0.586. The molecule has 0 spiro atoms. The molecule has 2 aromatic carbocycles. The van der Waals surface area contributed by atoms with E-state index in [1.54, 1.807) is 60.7 Å². The van der Waals surface area contributed by atoms with Crippen LogP contribution in [-0.4, -0.2) is 16.7 Å². The van der Waals surface area contributed by atoms with Gasteiger partial charge in [-0.1, -0.05) is 24.3 Å². The second kappa shape index (κ2) is 6.69. The molecule has 6 heteroatoms. The Balaban J connectivity index is 1.72. The lowest BCUT2D eigenvalue weighted by Gasteiger charge is -2.14. The molecular weight excluding hydrogens is 316 g/mol. The van der Waals surface area contributed by atoms with Crippen LogP contribution < -0.4 is 5.32 Å². The van der Waals surface area contributed by atoms with Crippen molar-refractivity contribution in [3.05, 3.63) is 77.0 Å². The van der Waals surface area contributed by atoms with Gasteiger partial charge < -0.3 is 5.32 Å². The molecule has 0 radical (unpaired) electrons. The van der Waals surface area contributed by atoms with E-state index >= 15 is 0 Å². The molecular formula is C19H12N4O2. The lowest BCUT2D eigenvalue weighted by atomic mass is 10.1. The van der Waals surface area contributed by atoms with E-state index in [-0.39, 0.29) is 23.9 Å². The molecule has 3 rings (SSSR count). The molecule has 1 aliphatic heterocycles. The molecule has 0 fully saturated rings. The lowest BCUT2D eigenvalue weighted by molar-refractivity contribution is 0.0642. The fraction of sp³-hybridized carbons (Fsp3) is 0.0526. The van der Waals surface area contributed by atoms with Gasteiger partial charge in [0.1, 0.15) is 17.7 Å². The van der Waals surface area contributed by atoms with Gasteiger partial charge in [-0.25, -0.2) is 0 Å². The predicted octanol–water partition coefficient (Wildman–Crippen LogP) is 2.83. The van der Waals surface area contributed by atoms with Crippen LogP contribution in [0.15, 0.2) is 60.3 Å². The molecule has 0 aliphatic carbocycles. The highest BCUT2D eigenvalue weighted by atomic mass is 16.2. The standard InChI is InChI=1S/C19H12N4O2/c20-9-14(10-21)11-22-15-7-5-13(6-8-15)12-23-18(24)16-3-1-2-4-17(16)19(23)25/h1-8,11,22H,12H2.